The normalized spacial score (nSPS) is 11.3. The molecule has 0 saturated heterocycles. The van der Waals surface area contributed by atoms with Crippen LogP contribution >= 0.6 is 0 Å². The summed E-state index contributed by atoms with van der Waals surface area (Å²) in [5.74, 6) is 0.428. The van der Waals surface area contributed by atoms with Gasteiger partial charge in [0.15, 0.2) is 0 Å². The number of anilines is 1. The van der Waals surface area contributed by atoms with E-state index in [9.17, 15) is 18.0 Å². The number of carbonyl (C=O) groups excluding carboxylic acids is 2. The first kappa shape index (κ1) is 25.5. The number of benzene rings is 2. The molecule has 0 saturated carbocycles. The van der Waals surface area contributed by atoms with Gasteiger partial charge in [-0.1, -0.05) is 12.1 Å². The molecular weight excluding hydrogens is 474 g/mol. The predicted molar refractivity (Wildman–Crippen MR) is 131 cm³/mol. The molecule has 11 heteroatoms. The molecule has 0 atom stereocenters. The minimum Gasteiger partial charge on any atom is -0.497 e. The summed E-state index contributed by atoms with van der Waals surface area (Å²) in [6.07, 6.45) is 2.31. The average Bonchev–Trinajstić information content (AvgIpc) is 3.31. The minimum atomic E-state index is -3.72. The van der Waals surface area contributed by atoms with E-state index in [1.165, 1.54) is 13.3 Å². The zero-order valence-electron chi connectivity index (χ0n) is 19.4. The molecule has 0 spiro atoms. The molecule has 0 bridgehead atoms. The number of hydrazone groups is 1. The van der Waals surface area contributed by atoms with Crippen molar-refractivity contribution in [2.45, 2.75) is 6.92 Å². The second-order valence-electron chi connectivity index (χ2n) is 7.26. The SMILES string of the molecule is CCOC(=O)c1ccc(-c2ccc(/C=N\NC(=O)CN(c3ccc(OC)cc3)S(C)(=O)=O)o2)cc1. The molecule has 3 rings (SSSR count). The van der Waals surface area contributed by atoms with E-state index in [2.05, 4.69) is 10.5 Å². The number of sulfonamides is 1. The highest BCUT2D eigenvalue weighted by Gasteiger charge is 2.20. The Morgan fingerprint density at radius 2 is 1.74 bits per heavy atom. The second kappa shape index (κ2) is 11.3. The molecular formula is C24H25N3O7S. The lowest BCUT2D eigenvalue weighted by Crippen LogP contribution is -2.38. The van der Waals surface area contributed by atoms with E-state index < -0.39 is 28.4 Å². The molecule has 3 aromatic rings. The van der Waals surface area contributed by atoms with Gasteiger partial charge in [0.2, 0.25) is 10.0 Å². The van der Waals surface area contributed by atoms with E-state index in [4.69, 9.17) is 13.9 Å². The number of furan rings is 1. The lowest BCUT2D eigenvalue weighted by Gasteiger charge is -2.21. The lowest BCUT2D eigenvalue weighted by atomic mass is 10.1. The third kappa shape index (κ3) is 6.93. The molecule has 0 aliphatic rings. The molecule has 0 aliphatic carbocycles. The van der Waals surface area contributed by atoms with E-state index >= 15 is 0 Å². The summed E-state index contributed by atoms with van der Waals surface area (Å²) in [6, 6.07) is 16.4. The zero-order valence-corrected chi connectivity index (χ0v) is 20.2. The third-order valence-electron chi connectivity index (χ3n) is 4.74. The number of rotatable bonds is 10. The topological polar surface area (TPSA) is 128 Å². The van der Waals surface area contributed by atoms with Crippen molar-refractivity contribution >= 4 is 33.8 Å². The third-order valence-corrected chi connectivity index (χ3v) is 5.88. The Kier molecular flexibility index (Phi) is 8.26. The van der Waals surface area contributed by atoms with Crippen LogP contribution < -0.4 is 14.5 Å². The molecule has 10 nitrogen and oxygen atoms in total. The van der Waals surface area contributed by atoms with Gasteiger partial charge in [-0.2, -0.15) is 5.10 Å². The van der Waals surface area contributed by atoms with Crippen LogP contribution in [-0.2, 0) is 19.6 Å². The van der Waals surface area contributed by atoms with Gasteiger partial charge in [0.05, 0.1) is 37.4 Å². The van der Waals surface area contributed by atoms with Gasteiger partial charge in [0.25, 0.3) is 5.91 Å². The van der Waals surface area contributed by atoms with Crippen molar-refractivity contribution in [3.63, 3.8) is 0 Å². The lowest BCUT2D eigenvalue weighted by molar-refractivity contribution is -0.119. The molecule has 35 heavy (non-hydrogen) atoms. The Morgan fingerprint density at radius 3 is 2.34 bits per heavy atom. The predicted octanol–water partition coefficient (Wildman–Crippen LogP) is 3.05. The fraction of sp³-hybridized carbons (Fsp3) is 0.208. The summed E-state index contributed by atoms with van der Waals surface area (Å²) in [4.78, 5) is 24.1. The maximum Gasteiger partial charge on any atom is 0.338 e. The van der Waals surface area contributed by atoms with Gasteiger partial charge in [-0.05, 0) is 55.5 Å². The number of methoxy groups -OCH3 is 1. The molecule has 184 valence electrons. The number of nitrogens with one attached hydrogen (secondary N) is 1. The van der Waals surface area contributed by atoms with Crippen LogP contribution in [0.4, 0.5) is 5.69 Å². The summed E-state index contributed by atoms with van der Waals surface area (Å²) in [6.45, 7) is 1.58. The number of amides is 1. The molecule has 0 radical (unpaired) electrons. The van der Waals surface area contributed by atoms with Crippen molar-refractivity contribution in [2.24, 2.45) is 5.10 Å². The first-order valence-corrected chi connectivity index (χ1v) is 12.4. The molecule has 2 aromatic carbocycles. The molecule has 0 fully saturated rings. The van der Waals surface area contributed by atoms with Gasteiger partial charge in [-0.15, -0.1) is 0 Å². The first-order chi connectivity index (χ1) is 16.7. The molecule has 1 aromatic heterocycles. The standard InChI is InChI=1S/C24H25N3O7S/c1-4-33-24(29)18-7-5-17(6-8-18)22-14-13-21(34-22)15-25-26-23(28)16-27(35(3,30)31)19-9-11-20(32-2)12-10-19/h5-15H,4,16H2,1-3H3,(H,26,28)/b25-15-. The first-order valence-electron chi connectivity index (χ1n) is 10.5. The average molecular weight is 500 g/mol. The van der Waals surface area contributed by atoms with Crippen LogP contribution in [0.2, 0.25) is 0 Å². The number of nitrogens with zero attached hydrogens (tertiary/aromatic N) is 2. The van der Waals surface area contributed by atoms with Gasteiger partial charge in [-0.3, -0.25) is 9.10 Å². The van der Waals surface area contributed by atoms with Crippen LogP contribution in [0.1, 0.15) is 23.0 Å². The van der Waals surface area contributed by atoms with E-state index in [0.717, 1.165) is 16.1 Å². The van der Waals surface area contributed by atoms with Crippen LogP contribution in [-0.4, -0.2) is 53.0 Å². The summed E-state index contributed by atoms with van der Waals surface area (Å²) < 4.78 is 41.0. The summed E-state index contributed by atoms with van der Waals surface area (Å²) in [7, 11) is -2.22. The van der Waals surface area contributed by atoms with Crippen LogP contribution in [0.3, 0.4) is 0 Å². The van der Waals surface area contributed by atoms with Crippen LogP contribution in [0.25, 0.3) is 11.3 Å². The maximum atomic E-state index is 12.3. The largest absolute Gasteiger partial charge is 0.497 e. The van der Waals surface area contributed by atoms with Crippen molar-refractivity contribution in [2.75, 3.05) is 30.8 Å². The number of hydrogen-bond donors (Lipinski definition) is 1. The number of hydrogen-bond acceptors (Lipinski definition) is 8. The van der Waals surface area contributed by atoms with Gasteiger partial charge in [-0.25, -0.2) is 18.6 Å². The molecule has 0 unspecified atom stereocenters. The highest BCUT2D eigenvalue weighted by Crippen LogP contribution is 2.23. The summed E-state index contributed by atoms with van der Waals surface area (Å²) >= 11 is 0. The number of carbonyl (C=O) groups is 2. The second-order valence-corrected chi connectivity index (χ2v) is 9.17. The van der Waals surface area contributed by atoms with Crippen LogP contribution in [0.15, 0.2) is 70.2 Å². The van der Waals surface area contributed by atoms with Gasteiger partial charge in [0.1, 0.15) is 23.8 Å². The minimum absolute atomic E-state index is 0.297. The Bertz CT molecular complexity index is 1300. The van der Waals surface area contributed by atoms with Crippen molar-refractivity contribution in [3.8, 4) is 17.1 Å². The van der Waals surface area contributed by atoms with E-state index in [1.54, 1.807) is 67.6 Å². The maximum absolute atomic E-state index is 12.3. The van der Waals surface area contributed by atoms with E-state index in [-0.39, 0.29) is 0 Å². The van der Waals surface area contributed by atoms with Crippen molar-refractivity contribution in [3.05, 3.63) is 72.0 Å². The fourth-order valence-electron chi connectivity index (χ4n) is 3.04. The van der Waals surface area contributed by atoms with Crippen molar-refractivity contribution in [1.82, 2.24) is 5.43 Å². The quantitative estimate of drug-likeness (QED) is 0.258. The monoisotopic (exact) mass is 499 g/mol. The van der Waals surface area contributed by atoms with Gasteiger partial charge >= 0.3 is 5.97 Å². The van der Waals surface area contributed by atoms with Crippen LogP contribution in [0.5, 0.6) is 5.75 Å². The molecule has 1 N–H and O–H groups in total. The highest BCUT2D eigenvalue weighted by atomic mass is 32.2. The molecule has 1 heterocycles. The fourth-order valence-corrected chi connectivity index (χ4v) is 3.90. The molecule has 0 aliphatic heterocycles. The van der Waals surface area contributed by atoms with E-state index in [0.29, 0.717) is 35.1 Å². The van der Waals surface area contributed by atoms with Gasteiger partial charge < -0.3 is 13.9 Å². The highest BCUT2D eigenvalue weighted by molar-refractivity contribution is 7.92. The van der Waals surface area contributed by atoms with Crippen molar-refractivity contribution in [1.29, 1.82) is 0 Å². The van der Waals surface area contributed by atoms with E-state index in [1.807, 2.05) is 0 Å². The molecule has 1 amide bonds. The summed E-state index contributed by atoms with van der Waals surface area (Å²) in [5, 5.41) is 3.84. The number of esters is 1. The summed E-state index contributed by atoms with van der Waals surface area (Å²) in [5.41, 5.74) is 3.79. The van der Waals surface area contributed by atoms with Crippen molar-refractivity contribution < 1.29 is 31.9 Å². The Morgan fingerprint density at radius 1 is 1.06 bits per heavy atom. The Balaban J connectivity index is 1.61. The Hall–Kier alpha value is -4.12. The van der Waals surface area contributed by atoms with Gasteiger partial charge in [0, 0.05) is 5.56 Å². The Labute approximate surface area is 203 Å². The smallest absolute Gasteiger partial charge is 0.338 e. The zero-order chi connectivity index (χ0) is 25.4. The number of ether oxygens (including phenoxy) is 2. The van der Waals surface area contributed by atoms with Crippen LogP contribution in [0, 0.1) is 0 Å².